The van der Waals surface area contributed by atoms with Gasteiger partial charge in [0.05, 0.1) is 4.90 Å². The van der Waals surface area contributed by atoms with Crippen molar-refractivity contribution in [3.8, 4) is 11.5 Å². The minimum Gasteiger partial charge on any atom is -0.480 e. The molecule has 1 aromatic carbocycles. The van der Waals surface area contributed by atoms with E-state index in [1.807, 2.05) is 0 Å². The molecule has 1 aliphatic carbocycles. The minimum atomic E-state index is -3.91. The summed E-state index contributed by atoms with van der Waals surface area (Å²) in [6.07, 6.45) is 1.73. The van der Waals surface area contributed by atoms with Gasteiger partial charge in [-0.25, -0.2) is 8.42 Å². The molecule has 0 unspecified atom stereocenters. The zero-order valence-corrected chi connectivity index (χ0v) is 13.4. The maximum absolute atomic E-state index is 13.1. The molecule has 1 N–H and O–H groups in total. The molecule has 0 radical (unpaired) electrons. The quantitative estimate of drug-likeness (QED) is 0.893. The van der Waals surface area contributed by atoms with Gasteiger partial charge in [0.1, 0.15) is 5.54 Å². The lowest BCUT2D eigenvalue weighted by Gasteiger charge is -2.45. The summed E-state index contributed by atoms with van der Waals surface area (Å²) in [4.78, 5) is 11.9. The van der Waals surface area contributed by atoms with Gasteiger partial charge in [0.15, 0.2) is 11.5 Å². The first kappa shape index (κ1) is 14.8. The third-order valence-electron chi connectivity index (χ3n) is 5.28. The molecule has 8 heteroatoms. The number of carbonyl (C=O) groups is 1. The Bertz CT molecular complexity index is 804. The highest BCUT2D eigenvalue weighted by atomic mass is 32.2. The van der Waals surface area contributed by atoms with Gasteiger partial charge in [-0.3, -0.25) is 4.79 Å². The molecule has 2 heterocycles. The highest BCUT2D eigenvalue weighted by molar-refractivity contribution is 7.89. The predicted molar refractivity (Wildman–Crippen MR) is 78.9 cm³/mol. The fourth-order valence-electron chi connectivity index (χ4n) is 3.95. The highest BCUT2D eigenvalue weighted by Gasteiger charge is 2.64. The third kappa shape index (κ3) is 1.79. The van der Waals surface area contributed by atoms with Crippen molar-refractivity contribution in [3.63, 3.8) is 0 Å². The van der Waals surface area contributed by atoms with Gasteiger partial charge >= 0.3 is 5.97 Å². The molecule has 23 heavy (non-hydrogen) atoms. The van der Waals surface area contributed by atoms with Crippen LogP contribution < -0.4 is 9.47 Å². The van der Waals surface area contributed by atoms with E-state index in [9.17, 15) is 18.3 Å². The zero-order chi connectivity index (χ0) is 16.4. The predicted octanol–water partition coefficient (Wildman–Crippen LogP) is 1.35. The largest absolute Gasteiger partial charge is 0.480 e. The number of carboxylic acids is 1. The van der Waals surface area contributed by atoms with Crippen molar-refractivity contribution in [1.29, 1.82) is 0 Å². The zero-order valence-electron chi connectivity index (χ0n) is 12.6. The van der Waals surface area contributed by atoms with Gasteiger partial charge in [0, 0.05) is 12.6 Å². The Hall–Kier alpha value is -1.80. The van der Waals surface area contributed by atoms with Crippen LogP contribution in [0.4, 0.5) is 0 Å². The Balaban J connectivity index is 1.81. The summed E-state index contributed by atoms with van der Waals surface area (Å²) in [5, 5.41) is 9.65. The van der Waals surface area contributed by atoms with Crippen LogP contribution in [0.5, 0.6) is 11.5 Å². The second kappa shape index (κ2) is 4.61. The Labute approximate surface area is 133 Å². The fourth-order valence-corrected chi connectivity index (χ4v) is 6.00. The van der Waals surface area contributed by atoms with E-state index in [1.165, 1.54) is 10.4 Å². The number of carboxylic acid groups (broad SMARTS) is 1. The van der Waals surface area contributed by atoms with Crippen LogP contribution in [-0.4, -0.2) is 42.7 Å². The van der Waals surface area contributed by atoms with Crippen LogP contribution in [-0.2, 0) is 14.8 Å². The molecule has 0 bridgehead atoms. The summed E-state index contributed by atoms with van der Waals surface area (Å²) in [5.41, 5.74) is -0.751. The van der Waals surface area contributed by atoms with Crippen molar-refractivity contribution < 1.29 is 27.8 Å². The summed E-state index contributed by atoms with van der Waals surface area (Å²) in [6.45, 7) is 1.98. The summed E-state index contributed by atoms with van der Waals surface area (Å²) in [5.74, 6) is -0.252. The Morgan fingerprint density at radius 1 is 1.30 bits per heavy atom. The van der Waals surface area contributed by atoms with E-state index in [2.05, 4.69) is 0 Å². The van der Waals surface area contributed by atoms with Crippen LogP contribution in [0.15, 0.2) is 17.0 Å². The maximum Gasteiger partial charge on any atom is 0.325 e. The van der Waals surface area contributed by atoms with Gasteiger partial charge in [-0.2, -0.15) is 4.31 Å². The van der Waals surface area contributed by atoms with Crippen LogP contribution >= 0.6 is 0 Å². The monoisotopic (exact) mass is 339 g/mol. The number of sulfonamides is 1. The van der Waals surface area contributed by atoms with Crippen molar-refractivity contribution >= 4 is 16.0 Å². The number of nitrogens with zero attached hydrogens (tertiary/aromatic N) is 1. The number of fused-ring (bicyclic) bond motifs is 2. The SMILES string of the molecule is Cc1cc2c(cc1S(=O)(=O)N1CC[C@@H]3CC[C@@]31C(=O)O)OCO2. The van der Waals surface area contributed by atoms with Crippen molar-refractivity contribution in [1.82, 2.24) is 4.31 Å². The van der Waals surface area contributed by atoms with Gasteiger partial charge in [-0.15, -0.1) is 0 Å². The molecule has 124 valence electrons. The van der Waals surface area contributed by atoms with E-state index >= 15 is 0 Å². The van der Waals surface area contributed by atoms with Gasteiger partial charge in [-0.05, 0) is 43.7 Å². The van der Waals surface area contributed by atoms with Gasteiger partial charge in [0.25, 0.3) is 0 Å². The first-order valence-corrected chi connectivity index (χ1v) is 8.98. The number of hydrogen-bond donors (Lipinski definition) is 1. The molecule has 0 amide bonds. The van der Waals surface area contributed by atoms with Crippen molar-refractivity contribution in [2.24, 2.45) is 5.92 Å². The topological polar surface area (TPSA) is 93.1 Å². The molecule has 2 aliphatic heterocycles. The van der Waals surface area contributed by atoms with Gasteiger partial charge in [0.2, 0.25) is 16.8 Å². The third-order valence-corrected chi connectivity index (χ3v) is 7.37. The molecule has 1 aromatic rings. The van der Waals surface area contributed by atoms with E-state index < -0.39 is 21.5 Å². The first-order valence-electron chi connectivity index (χ1n) is 7.54. The smallest absolute Gasteiger partial charge is 0.325 e. The van der Waals surface area contributed by atoms with Gasteiger partial charge in [-0.1, -0.05) is 0 Å². The molecule has 0 aromatic heterocycles. The summed E-state index contributed by atoms with van der Waals surface area (Å²) in [6, 6.07) is 3.06. The standard InChI is InChI=1S/C15H17NO6S/c1-9-6-11-12(22-8-21-11)7-13(9)23(19,20)16-5-3-10-2-4-15(10,16)14(17)18/h6-7,10H,2-5,8H2,1H3,(H,17,18)/t10-,15-/m0/s1. The second-order valence-electron chi connectivity index (χ2n) is 6.30. The average Bonchev–Trinajstić information content (AvgIpc) is 3.00. The van der Waals surface area contributed by atoms with E-state index in [1.54, 1.807) is 13.0 Å². The van der Waals surface area contributed by atoms with E-state index in [0.717, 1.165) is 6.42 Å². The van der Waals surface area contributed by atoms with Crippen LogP contribution in [0.25, 0.3) is 0 Å². The lowest BCUT2D eigenvalue weighted by atomic mass is 9.68. The van der Waals surface area contributed by atoms with E-state index in [0.29, 0.717) is 29.9 Å². The summed E-state index contributed by atoms with van der Waals surface area (Å²) in [7, 11) is -3.91. The van der Waals surface area contributed by atoms with Gasteiger partial charge < -0.3 is 14.6 Å². The van der Waals surface area contributed by atoms with Crippen molar-refractivity contribution in [2.45, 2.75) is 36.6 Å². The molecule has 0 spiro atoms. The lowest BCUT2D eigenvalue weighted by molar-refractivity contribution is -0.155. The Morgan fingerprint density at radius 2 is 2.00 bits per heavy atom. The number of hydrogen-bond acceptors (Lipinski definition) is 5. The average molecular weight is 339 g/mol. The molecule has 3 aliphatic rings. The Kier molecular flexibility index (Phi) is 2.96. The number of aliphatic carboxylic acids is 1. The summed E-state index contributed by atoms with van der Waals surface area (Å²) < 4.78 is 37.9. The van der Waals surface area contributed by atoms with Crippen LogP contribution in [0.3, 0.4) is 0 Å². The number of benzene rings is 1. The van der Waals surface area contributed by atoms with Crippen LogP contribution in [0.2, 0.25) is 0 Å². The molecule has 1 saturated carbocycles. The normalized spacial score (nSPS) is 29.2. The lowest BCUT2D eigenvalue weighted by Crippen LogP contribution is -2.61. The molecule has 2 atom stereocenters. The van der Waals surface area contributed by atoms with E-state index in [4.69, 9.17) is 9.47 Å². The minimum absolute atomic E-state index is 0.0587. The van der Waals surface area contributed by atoms with E-state index in [-0.39, 0.29) is 24.2 Å². The molecule has 2 fully saturated rings. The summed E-state index contributed by atoms with van der Waals surface area (Å²) >= 11 is 0. The van der Waals surface area contributed by atoms with Crippen molar-refractivity contribution in [2.75, 3.05) is 13.3 Å². The Morgan fingerprint density at radius 3 is 2.61 bits per heavy atom. The molecule has 4 rings (SSSR count). The molecular formula is C15H17NO6S. The molecule has 1 saturated heterocycles. The number of rotatable bonds is 3. The van der Waals surface area contributed by atoms with Crippen LogP contribution in [0, 0.1) is 12.8 Å². The highest BCUT2D eigenvalue weighted by Crippen LogP contribution is 2.53. The fraction of sp³-hybridized carbons (Fsp3) is 0.533. The van der Waals surface area contributed by atoms with Crippen LogP contribution in [0.1, 0.15) is 24.8 Å². The molecule has 7 nitrogen and oxygen atoms in total. The van der Waals surface area contributed by atoms with Crippen molar-refractivity contribution in [3.05, 3.63) is 17.7 Å². The number of ether oxygens (including phenoxy) is 2. The first-order chi connectivity index (χ1) is 10.9. The number of aryl methyl sites for hydroxylation is 1. The second-order valence-corrected chi connectivity index (χ2v) is 8.13. The molecular weight excluding hydrogens is 322 g/mol. The maximum atomic E-state index is 13.1.